The van der Waals surface area contributed by atoms with Crippen molar-refractivity contribution in [3.8, 4) is 5.75 Å². The number of ether oxygens (including phenoxy) is 1. The first-order valence-corrected chi connectivity index (χ1v) is 5.91. The lowest BCUT2D eigenvalue weighted by Gasteiger charge is -2.18. The predicted molar refractivity (Wildman–Crippen MR) is 69.3 cm³/mol. The highest BCUT2D eigenvalue weighted by molar-refractivity contribution is 5.95. The number of carbonyl (C=O) groups excluding carboxylic acids is 1. The van der Waals surface area contributed by atoms with E-state index in [1.807, 2.05) is 18.2 Å². The van der Waals surface area contributed by atoms with Crippen LogP contribution < -0.4 is 26.8 Å². The fourth-order valence-electron chi connectivity index (χ4n) is 1.73. The van der Waals surface area contributed by atoms with Gasteiger partial charge in [0, 0.05) is 25.7 Å². The molecular formula is C12H18N4O2. The molecule has 0 saturated heterocycles. The van der Waals surface area contributed by atoms with Crippen molar-refractivity contribution in [1.82, 2.24) is 5.32 Å². The highest BCUT2D eigenvalue weighted by Crippen LogP contribution is 2.28. The maximum absolute atomic E-state index is 11.2. The topological polar surface area (TPSA) is 102 Å². The number of anilines is 1. The Morgan fingerprint density at radius 3 is 3.11 bits per heavy atom. The summed E-state index contributed by atoms with van der Waals surface area (Å²) in [5.74, 6) is 0.578. The zero-order chi connectivity index (χ0) is 13.0. The van der Waals surface area contributed by atoms with E-state index in [4.69, 9.17) is 16.2 Å². The monoisotopic (exact) mass is 250 g/mol. The van der Waals surface area contributed by atoms with Gasteiger partial charge in [-0.15, -0.1) is 0 Å². The number of amides is 1. The first-order valence-electron chi connectivity index (χ1n) is 5.91. The van der Waals surface area contributed by atoms with E-state index in [0.717, 1.165) is 5.56 Å². The van der Waals surface area contributed by atoms with Crippen LogP contribution in [0.3, 0.4) is 0 Å². The molecule has 0 saturated carbocycles. The summed E-state index contributed by atoms with van der Waals surface area (Å²) in [6.07, 6.45) is 0. The van der Waals surface area contributed by atoms with Crippen LogP contribution in [0.4, 0.5) is 5.69 Å². The summed E-state index contributed by atoms with van der Waals surface area (Å²) >= 11 is 0. The number of hydrogen-bond donors (Lipinski definition) is 4. The second-order valence-corrected chi connectivity index (χ2v) is 4.29. The Labute approximate surface area is 106 Å². The minimum atomic E-state index is -0.127. The number of benzene rings is 1. The maximum Gasteiger partial charge on any atom is 0.262 e. The van der Waals surface area contributed by atoms with Crippen LogP contribution in [0.2, 0.25) is 0 Å². The summed E-state index contributed by atoms with van der Waals surface area (Å²) in [6, 6.07) is 5.67. The molecule has 6 N–H and O–H groups in total. The maximum atomic E-state index is 11.2. The van der Waals surface area contributed by atoms with E-state index < -0.39 is 0 Å². The lowest BCUT2D eigenvalue weighted by atomic mass is 10.1. The zero-order valence-electron chi connectivity index (χ0n) is 10.1. The molecule has 1 atom stereocenters. The highest BCUT2D eigenvalue weighted by atomic mass is 16.5. The van der Waals surface area contributed by atoms with Crippen molar-refractivity contribution in [1.29, 1.82) is 0 Å². The molecule has 1 aliphatic heterocycles. The third-order valence-corrected chi connectivity index (χ3v) is 2.72. The first-order chi connectivity index (χ1) is 8.69. The molecule has 0 spiro atoms. The Morgan fingerprint density at radius 1 is 1.50 bits per heavy atom. The molecule has 0 aromatic heterocycles. The average molecular weight is 250 g/mol. The minimum absolute atomic E-state index is 0.0364. The molecule has 0 radical (unpaired) electrons. The summed E-state index contributed by atoms with van der Waals surface area (Å²) in [5.41, 5.74) is 12.9. The van der Waals surface area contributed by atoms with E-state index in [-0.39, 0.29) is 18.6 Å². The Balaban J connectivity index is 1.94. The van der Waals surface area contributed by atoms with Gasteiger partial charge in [0.1, 0.15) is 5.75 Å². The minimum Gasteiger partial charge on any atom is -0.482 e. The van der Waals surface area contributed by atoms with Crippen LogP contribution >= 0.6 is 0 Å². The fourth-order valence-corrected chi connectivity index (χ4v) is 1.73. The summed E-state index contributed by atoms with van der Waals surface area (Å²) in [7, 11) is 0. The van der Waals surface area contributed by atoms with Crippen LogP contribution in [0, 0.1) is 0 Å². The smallest absolute Gasteiger partial charge is 0.262 e. The molecule has 6 nitrogen and oxygen atoms in total. The number of nitrogens with one attached hydrogen (secondary N) is 2. The molecule has 1 aromatic carbocycles. The van der Waals surface area contributed by atoms with Gasteiger partial charge in [0.25, 0.3) is 5.91 Å². The van der Waals surface area contributed by atoms with Crippen LogP contribution in [-0.2, 0) is 11.3 Å². The molecule has 1 aromatic rings. The van der Waals surface area contributed by atoms with Gasteiger partial charge in [0.2, 0.25) is 0 Å². The molecule has 6 heteroatoms. The van der Waals surface area contributed by atoms with Gasteiger partial charge < -0.3 is 26.8 Å². The highest BCUT2D eigenvalue weighted by Gasteiger charge is 2.15. The van der Waals surface area contributed by atoms with Gasteiger partial charge in [-0.25, -0.2) is 0 Å². The van der Waals surface area contributed by atoms with Crippen LogP contribution in [0.15, 0.2) is 18.2 Å². The molecule has 1 unspecified atom stereocenters. The fraction of sp³-hybridized carbons (Fsp3) is 0.417. The number of nitrogens with two attached hydrogens (primary N) is 2. The van der Waals surface area contributed by atoms with Crippen molar-refractivity contribution in [2.45, 2.75) is 12.6 Å². The molecule has 18 heavy (non-hydrogen) atoms. The van der Waals surface area contributed by atoms with E-state index >= 15 is 0 Å². The van der Waals surface area contributed by atoms with E-state index in [2.05, 4.69) is 10.6 Å². The zero-order valence-corrected chi connectivity index (χ0v) is 10.1. The van der Waals surface area contributed by atoms with Crippen molar-refractivity contribution in [3.05, 3.63) is 23.8 Å². The van der Waals surface area contributed by atoms with E-state index in [1.54, 1.807) is 0 Å². The quantitative estimate of drug-likeness (QED) is 0.558. The Morgan fingerprint density at radius 2 is 2.33 bits per heavy atom. The number of fused-ring (bicyclic) bond motifs is 1. The average Bonchev–Trinajstić information content (AvgIpc) is 2.38. The Kier molecular flexibility index (Phi) is 4.14. The molecule has 98 valence electrons. The van der Waals surface area contributed by atoms with Crippen LogP contribution in [0.5, 0.6) is 5.75 Å². The third-order valence-electron chi connectivity index (χ3n) is 2.72. The molecule has 2 rings (SSSR count). The second kappa shape index (κ2) is 5.81. The molecule has 1 heterocycles. The standard InChI is InChI=1S/C12H18N4O2/c13-4-9(14)6-15-5-8-1-2-11-10(3-8)16-12(17)7-18-11/h1-3,9,15H,4-7,13-14H2,(H,16,17). The second-order valence-electron chi connectivity index (χ2n) is 4.29. The van der Waals surface area contributed by atoms with E-state index in [1.165, 1.54) is 0 Å². The predicted octanol–water partition coefficient (Wildman–Crippen LogP) is -0.607. The summed E-state index contributed by atoms with van der Waals surface area (Å²) in [4.78, 5) is 11.2. The van der Waals surface area contributed by atoms with Crippen molar-refractivity contribution in [2.75, 3.05) is 25.0 Å². The SMILES string of the molecule is NCC(N)CNCc1ccc2c(c1)NC(=O)CO2. The summed E-state index contributed by atoms with van der Waals surface area (Å²) in [5, 5.41) is 5.99. The van der Waals surface area contributed by atoms with Gasteiger partial charge in [0.15, 0.2) is 6.61 Å². The Bertz CT molecular complexity index is 436. The first kappa shape index (κ1) is 12.8. The van der Waals surface area contributed by atoms with E-state index in [9.17, 15) is 4.79 Å². The number of carbonyl (C=O) groups is 1. The molecule has 1 amide bonds. The van der Waals surface area contributed by atoms with E-state index in [0.29, 0.717) is 31.1 Å². The van der Waals surface area contributed by atoms with Gasteiger partial charge in [-0.2, -0.15) is 0 Å². The van der Waals surface area contributed by atoms with Crippen LogP contribution in [0.25, 0.3) is 0 Å². The number of rotatable bonds is 5. The number of hydrogen-bond acceptors (Lipinski definition) is 5. The Hall–Kier alpha value is -1.63. The van der Waals surface area contributed by atoms with Crippen LogP contribution in [-0.4, -0.2) is 31.6 Å². The van der Waals surface area contributed by atoms with Gasteiger partial charge in [0.05, 0.1) is 5.69 Å². The van der Waals surface area contributed by atoms with Crippen LogP contribution in [0.1, 0.15) is 5.56 Å². The van der Waals surface area contributed by atoms with Gasteiger partial charge in [-0.1, -0.05) is 6.07 Å². The third kappa shape index (κ3) is 3.19. The van der Waals surface area contributed by atoms with Crippen molar-refractivity contribution < 1.29 is 9.53 Å². The molecule has 1 aliphatic rings. The summed E-state index contributed by atoms with van der Waals surface area (Å²) in [6.45, 7) is 1.88. The van der Waals surface area contributed by atoms with Gasteiger partial charge in [-0.05, 0) is 17.7 Å². The molecule has 0 aliphatic carbocycles. The molecular weight excluding hydrogens is 232 g/mol. The molecule has 0 fully saturated rings. The largest absolute Gasteiger partial charge is 0.482 e. The normalized spacial score (nSPS) is 15.6. The van der Waals surface area contributed by atoms with Crippen molar-refractivity contribution in [2.24, 2.45) is 11.5 Å². The van der Waals surface area contributed by atoms with Gasteiger partial charge in [-0.3, -0.25) is 4.79 Å². The lowest BCUT2D eigenvalue weighted by molar-refractivity contribution is -0.118. The molecule has 0 bridgehead atoms. The van der Waals surface area contributed by atoms with Crippen molar-refractivity contribution >= 4 is 11.6 Å². The summed E-state index contributed by atoms with van der Waals surface area (Å²) < 4.78 is 5.28. The van der Waals surface area contributed by atoms with Gasteiger partial charge >= 0.3 is 0 Å². The van der Waals surface area contributed by atoms with Crippen molar-refractivity contribution in [3.63, 3.8) is 0 Å². The lowest BCUT2D eigenvalue weighted by Crippen LogP contribution is -2.39.